The van der Waals surface area contributed by atoms with E-state index in [-0.39, 0.29) is 16.5 Å². The van der Waals surface area contributed by atoms with Crippen LogP contribution in [-0.2, 0) is 0 Å². The van der Waals surface area contributed by atoms with Crippen LogP contribution in [0.1, 0.15) is 10.4 Å². The first-order valence-electron chi connectivity index (χ1n) is 5.37. The van der Waals surface area contributed by atoms with Gasteiger partial charge in [0.05, 0.1) is 7.11 Å². The molecule has 2 rings (SSSR count). The SMILES string of the molecule is COc1cc(C(=O)Nc2cccc(Cl)n2)ccc1F. The maximum atomic E-state index is 13.2. The molecule has 0 spiro atoms. The zero-order valence-corrected chi connectivity index (χ0v) is 10.7. The molecule has 19 heavy (non-hydrogen) atoms. The molecular weight excluding hydrogens is 271 g/mol. The quantitative estimate of drug-likeness (QED) is 0.879. The molecule has 1 heterocycles. The molecule has 1 amide bonds. The van der Waals surface area contributed by atoms with Gasteiger partial charge in [0, 0.05) is 5.56 Å². The molecule has 1 aromatic carbocycles. The van der Waals surface area contributed by atoms with Crippen molar-refractivity contribution in [2.75, 3.05) is 12.4 Å². The number of carbonyl (C=O) groups is 1. The summed E-state index contributed by atoms with van der Waals surface area (Å²) in [6, 6.07) is 8.70. The number of anilines is 1. The summed E-state index contributed by atoms with van der Waals surface area (Å²) in [7, 11) is 1.33. The Balaban J connectivity index is 2.20. The van der Waals surface area contributed by atoms with Gasteiger partial charge in [-0.2, -0.15) is 0 Å². The first-order valence-corrected chi connectivity index (χ1v) is 5.75. The molecule has 0 aliphatic heterocycles. The molecule has 0 bridgehead atoms. The lowest BCUT2D eigenvalue weighted by atomic mass is 10.2. The normalized spacial score (nSPS) is 10.1. The van der Waals surface area contributed by atoms with Crippen molar-refractivity contribution in [2.24, 2.45) is 0 Å². The van der Waals surface area contributed by atoms with Gasteiger partial charge in [0.15, 0.2) is 11.6 Å². The third-order valence-corrected chi connectivity index (χ3v) is 2.58. The molecule has 0 atom stereocenters. The van der Waals surface area contributed by atoms with Crippen molar-refractivity contribution in [3.8, 4) is 5.75 Å². The van der Waals surface area contributed by atoms with Gasteiger partial charge in [-0.25, -0.2) is 9.37 Å². The van der Waals surface area contributed by atoms with Gasteiger partial charge in [0.2, 0.25) is 0 Å². The Bertz CT molecular complexity index is 619. The number of methoxy groups -OCH3 is 1. The van der Waals surface area contributed by atoms with Crippen LogP contribution in [0, 0.1) is 5.82 Å². The van der Waals surface area contributed by atoms with Crippen LogP contribution in [0.3, 0.4) is 0 Å². The summed E-state index contributed by atoms with van der Waals surface area (Å²) < 4.78 is 18.0. The molecule has 0 fully saturated rings. The highest BCUT2D eigenvalue weighted by Crippen LogP contribution is 2.19. The Kier molecular flexibility index (Phi) is 3.97. The number of ether oxygens (including phenoxy) is 1. The number of amides is 1. The van der Waals surface area contributed by atoms with Crippen LogP contribution in [0.15, 0.2) is 36.4 Å². The Hall–Kier alpha value is -2.14. The highest BCUT2D eigenvalue weighted by atomic mass is 35.5. The fourth-order valence-corrected chi connectivity index (χ4v) is 1.63. The average Bonchev–Trinajstić information content (AvgIpc) is 2.39. The van der Waals surface area contributed by atoms with E-state index >= 15 is 0 Å². The molecule has 0 radical (unpaired) electrons. The van der Waals surface area contributed by atoms with Gasteiger partial charge in [0.25, 0.3) is 5.91 Å². The van der Waals surface area contributed by atoms with Crippen LogP contribution in [-0.4, -0.2) is 18.0 Å². The highest BCUT2D eigenvalue weighted by Gasteiger charge is 2.11. The maximum absolute atomic E-state index is 13.2. The number of hydrogen-bond donors (Lipinski definition) is 1. The van der Waals surface area contributed by atoms with Crippen molar-refractivity contribution in [3.05, 3.63) is 52.9 Å². The molecule has 0 saturated carbocycles. The summed E-state index contributed by atoms with van der Waals surface area (Å²) >= 11 is 5.71. The number of pyridine rings is 1. The Morgan fingerprint density at radius 1 is 1.37 bits per heavy atom. The van der Waals surface area contributed by atoms with Crippen molar-refractivity contribution in [1.82, 2.24) is 4.98 Å². The van der Waals surface area contributed by atoms with Gasteiger partial charge >= 0.3 is 0 Å². The lowest BCUT2D eigenvalue weighted by molar-refractivity contribution is 0.102. The third kappa shape index (κ3) is 3.20. The van der Waals surface area contributed by atoms with Crippen LogP contribution in [0.5, 0.6) is 5.75 Å². The van der Waals surface area contributed by atoms with E-state index in [1.807, 2.05) is 0 Å². The summed E-state index contributed by atoms with van der Waals surface area (Å²) in [6.45, 7) is 0. The van der Waals surface area contributed by atoms with Crippen molar-refractivity contribution in [1.29, 1.82) is 0 Å². The maximum Gasteiger partial charge on any atom is 0.256 e. The van der Waals surface area contributed by atoms with E-state index in [4.69, 9.17) is 16.3 Å². The number of nitrogens with one attached hydrogen (secondary N) is 1. The van der Waals surface area contributed by atoms with Gasteiger partial charge in [0.1, 0.15) is 11.0 Å². The van der Waals surface area contributed by atoms with Gasteiger partial charge in [-0.05, 0) is 30.3 Å². The lowest BCUT2D eigenvalue weighted by Crippen LogP contribution is -2.13. The molecule has 98 valence electrons. The number of carbonyl (C=O) groups excluding carboxylic acids is 1. The van der Waals surface area contributed by atoms with E-state index in [9.17, 15) is 9.18 Å². The van der Waals surface area contributed by atoms with Gasteiger partial charge in [-0.3, -0.25) is 4.79 Å². The summed E-state index contributed by atoms with van der Waals surface area (Å²) in [5.74, 6) is -0.625. The van der Waals surface area contributed by atoms with E-state index in [0.29, 0.717) is 5.82 Å². The summed E-state index contributed by atoms with van der Waals surface area (Å²) in [4.78, 5) is 15.9. The highest BCUT2D eigenvalue weighted by molar-refractivity contribution is 6.29. The first-order chi connectivity index (χ1) is 9.10. The number of halogens is 2. The number of benzene rings is 1. The smallest absolute Gasteiger partial charge is 0.256 e. The van der Waals surface area contributed by atoms with Crippen LogP contribution in [0.4, 0.5) is 10.2 Å². The monoisotopic (exact) mass is 280 g/mol. The lowest BCUT2D eigenvalue weighted by Gasteiger charge is -2.07. The molecule has 0 unspecified atom stereocenters. The second kappa shape index (κ2) is 5.67. The molecule has 0 saturated heterocycles. The first kappa shape index (κ1) is 13.3. The fraction of sp³-hybridized carbons (Fsp3) is 0.0769. The summed E-state index contributed by atoms with van der Waals surface area (Å²) in [6.07, 6.45) is 0. The minimum absolute atomic E-state index is 0.00621. The number of rotatable bonds is 3. The van der Waals surface area contributed by atoms with Crippen LogP contribution in [0.2, 0.25) is 5.15 Å². The van der Waals surface area contributed by atoms with Gasteiger partial charge in [-0.1, -0.05) is 17.7 Å². The second-order valence-electron chi connectivity index (χ2n) is 3.65. The Morgan fingerprint density at radius 3 is 2.84 bits per heavy atom. The minimum atomic E-state index is -0.528. The van der Waals surface area contributed by atoms with Crippen LogP contribution >= 0.6 is 11.6 Å². The van der Waals surface area contributed by atoms with E-state index in [2.05, 4.69) is 10.3 Å². The number of hydrogen-bond acceptors (Lipinski definition) is 3. The van der Waals surface area contributed by atoms with Gasteiger partial charge in [-0.15, -0.1) is 0 Å². The molecule has 1 N–H and O–H groups in total. The van der Waals surface area contributed by atoms with Crippen molar-refractivity contribution >= 4 is 23.3 Å². The molecule has 0 aliphatic carbocycles. The molecule has 6 heteroatoms. The van der Waals surface area contributed by atoms with Crippen LogP contribution < -0.4 is 10.1 Å². The number of aromatic nitrogens is 1. The third-order valence-electron chi connectivity index (χ3n) is 2.37. The molecule has 2 aromatic rings. The average molecular weight is 281 g/mol. The fourth-order valence-electron chi connectivity index (χ4n) is 1.47. The zero-order valence-electron chi connectivity index (χ0n) is 9.98. The summed E-state index contributed by atoms with van der Waals surface area (Å²) in [5.41, 5.74) is 0.264. The molecule has 1 aromatic heterocycles. The van der Waals surface area contributed by atoms with Crippen molar-refractivity contribution in [2.45, 2.75) is 0 Å². The topological polar surface area (TPSA) is 51.2 Å². The summed E-state index contributed by atoms with van der Waals surface area (Å²) in [5, 5.41) is 2.83. The van der Waals surface area contributed by atoms with E-state index < -0.39 is 11.7 Å². The molecule has 0 aliphatic rings. The largest absolute Gasteiger partial charge is 0.494 e. The van der Waals surface area contributed by atoms with E-state index in [0.717, 1.165) is 0 Å². The van der Waals surface area contributed by atoms with E-state index in [1.165, 1.54) is 25.3 Å². The Labute approximate surface area is 114 Å². The zero-order chi connectivity index (χ0) is 13.8. The molecular formula is C13H10ClFN2O2. The van der Waals surface area contributed by atoms with Gasteiger partial charge < -0.3 is 10.1 Å². The van der Waals surface area contributed by atoms with Crippen LogP contribution in [0.25, 0.3) is 0 Å². The number of nitrogens with zero attached hydrogens (tertiary/aromatic N) is 1. The minimum Gasteiger partial charge on any atom is -0.494 e. The standard InChI is InChI=1S/C13H10ClFN2O2/c1-19-10-7-8(5-6-9(10)15)13(18)17-12-4-2-3-11(14)16-12/h2-7H,1H3,(H,16,17,18). The van der Waals surface area contributed by atoms with E-state index in [1.54, 1.807) is 18.2 Å². The van der Waals surface area contributed by atoms with Crippen molar-refractivity contribution in [3.63, 3.8) is 0 Å². The predicted molar refractivity (Wildman–Crippen MR) is 70.2 cm³/mol. The Morgan fingerprint density at radius 2 is 2.16 bits per heavy atom. The second-order valence-corrected chi connectivity index (χ2v) is 4.04. The van der Waals surface area contributed by atoms with Crippen molar-refractivity contribution < 1.29 is 13.9 Å². The molecule has 4 nitrogen and oxygen atoms in total. The predicted octanol–water partition coefficient (Wildman–Crippen LogP) is 3.14.